The summed E-state index contributed by atoms with van der Waals surface area (Å²) in [5.41, 5.74) is 0. The van der Waals surface area contributed by atoms with Crippen LogP contribution in [0.15, 0.2) is 12.2 Å². The minimum absolute atomic E-state index is 0.282. The quantitative estimate of drug-likeness (QED) is 0.382. The van der Waals surface area contributed by atoms with E-state index in [-0.39, 0.29) is 5.97 Å². The van der Waals surface area contributed by atoms with Gasteiger partial charge in [-0.15, -0.1) is 0 Å². The van der Waals surface area contributed by atoms with Crippen molar-refractivity contribution in [2.75, 3.05) is 12.4 Å². The van der Waals surface area contributed by atoms with E-state index in [9.17, 15) is 4.79 Å². The maximum absolute atomic E-state index is 10.6. The van der Waals surface area contributed by atoms with Gasteiger partial charge in [0.1, 0.15) is 0 Å². The van der Waals surface area contributed by atoms with Gasteiger partial charge >= 0.3 is 5.97 Å². The molecule has 0 amide bonds. The molecular formula is C7H12O2S. The SMILES string of the molecule is CCCOC(=O)C=CCS. The lowest BCUT2D eigenvalue weighted by Crippen LogP contribution is -2.00. The fourth-order valence-corrected chi connectivity index (χ4v) is 0.505. The Kier molecular flexibility index (Phi) is 6.38. The zero-order chi connectivity index (χ0) is 7.82. The van der Waals surface area contributed by atoms with Gasteiger partial charge < -0.3 is 4.74 Å². The highest BCUT2D eigenvalue weighted by atomic mass is 32.1. The van der Waals surface area contributed by atoms with Crippen molar-refractivity contribution in [2.24, 2.45) is 0 Å². The zero-order valence-corrected chi connectivity index (χ0v) is 6.93. The molecule has 2 nitrogen and oxygen atoms in total. The average Bonchev–Trinajstić information content (AvgIpc) is 1.97. The van der Waals surface area contributed by atoms with E-state index in [2.05, 4.69) is 12.6 Å². The second kappa shape index (κ2) is 6.68. The largest absolute Gasteiger partial charge is 0.463 e. The third-order valence-corrected chi connectivity index (χ3v) is 1.02. The minimum Gasteiger partial charge on any atom is -0.463 e. The van der Waals surface area contributed by atoms with E-state index in [1.54, 1.807) is 6.08 Å². The molecule has 0 spiro atoms. The Hall–Kier alpha value is -0.440. The van der Waals surface area contributed by atoms with Crippen molar-refractivity contribution in [2.45, 2.75) is 13.3 Å². The van der Waals surface area contributed by atoms with Crippen LogP contribution in [0, 0.1) is 0 Å². The van der Waals surface area contributed by atoms with Gasteiger partial charge in [-0.3, -0.25) is 0 Å². The van der Waals surface area contributed by atoms with Crippen molar-refractivity contribution >= 4 is 18.6 Å². The molecule has 0 atom stereocenters. The van der Waals surface area contributed by atoms with Crippen LogP contribution in [-0.4, -0.2) is 18.3 Å². The van der Waals surface area contributed by atoms with Crippen LogP contribution >= 0.6 is 12.6 Å². The minimum atomic E-state index is -0.282. The van der Waals surface area contributed by atoms with E-state index in [4.69, 9.17) is 4.74 Å². The Labute approximate surface area is 66.7 Å². The molecule has 0 heterocycles. The van der Waals surface area contributed by atoms with Crippen molar-refractivity contribution in [1.82, 2.24) is 0 Å². The number of hydrogen-bond donors (Lipinski definition) is 1. The summed E-state index contributed by atoms with van der Waals surface area (Å²) >= 11 is 3.89. The fourth-order valence-electron chi connectivity index (χ4n) is 0.400. The van der Waals surface area contributed by atoms with E-state index in [1.807, 2.05) is 6.92 Å². The number of carbonyl (C=O) groups is 1. The third-order valence-electron chi connectivity index (χ3n) is 0.808. The number of rotatable bonds is 4. The summed E-state index contributed by atoms with van der Waals surface area (Å²) in [5.74, 6) is 0.289. The molecular weight excluding hydrogens is 148 g/mol. The highest BCUT2D eigenvalue weighted by molar-refractivity contribution is 7.80. The van der Waals surface area contributed by atoms with Gasteiger partial charge in [0.05, 0.1) is 6.61 Å². The molecule has 0 aromatic carbocycles. The number of hydrogen-bond acceptors (Lipinski definition) is 3. The summed E-state index contributed by atoms with van der Waals surface area (Å²) in [7, 11) is 0. The van der Waals surface area contributed by atoms with Crippen molar-refractivity contribution in [3.63, 3.8) is 0 Å². The smallest absolute Gasteiger partial charge is 0.330 e. The van der Waals surface area contributed by atoms with Gasteiger partial charge in [-0.05, 0) is 6.42 Å². The molecule has 0 bridgehead atoms. The first kappa shape index (κ1) is 9.56. The molecule has 10 heavy (non-hydrogen) atoms. The molecule has 58 valence electrons. The molecule has 0 unspecified atom stereocenters. The van der Waals surface area contributed by atoms with E-state index >= 15 is 0 Å². The Morgan fingerprint density at radius 2 is 2.40 bits per heavy atom. The summed E-state index contributed by atoms with van der Waals surface area (Å²) in [5, 5.41) is 0. The third kappa shape index (κ3) is 5.69. The second-order valence-corrected chi connectivity index (χ2v) is 2.12. The van der Waals surface area contributed by atoms with Gasteiger partial charge in [-0.2, -0.15) is 12.6 Å². The molecule has 0 aromatic heterocycles. The van der Waals surface area contributed by atoms with Crippen LogP contribution in [0.4, 0.5) is 0 Å². The lowest BCUT2D eigenvalue weighted by molar-refractivity contribution is -0.137. The Balaban J connectivity index is 3.34. The topological polar surface area (TPSA) is 26.3 Å². The maximum Gasteiger partial charge on any atom is 0.330 e. The Bertz CT molecular complexity index is 121. The van der Waals surface area contributed by atoms with Crippen LogP contribution in [0.25, 0.3) is 0 Å². The van der Waals surface area contributed by atoms with Crippen molar-refractivity contribution in [3.05, 3.63) is 12.2 Å². The van der Waals surface area contributed by atoms with E-state index in [0.29, 0.717) is 12.4 Å². The second-order valence-electron chi connectivity index (χ2n) is 1.75. The highest BCUT2D eigenvalue weighted by Crippen LogP contribution is 1.85. The van der Waals surface area contributed by atoms with Crippen molar-refractivity contribution in [3.8, 4) is 0 Å². The average molecular weight is 160 g/mol. The van der Waals surface area contributed by atoms with Crippen molar-refractivity contribution < 1.29 is 9.53 Å². The summed E-state index contributed by atoms with van der Waals surface area (Å²) < 4.78 is 4.73. The van der Waals surface area contributed by atoms with E-state index in [0.717, 1.165) is 6.42 Å². The summed E-state index contributed by atoms with van der Waals surface area (Å²) in [6.45, 7) is 2.45. The number of ether oxygens (including phenoxy) is 1. The molecule has 3 heteroatoms. The first-order valence-corrected chi connectivity index (χ1v) is 3.88. The van der Waals surface area contributed by atoms with Gasteiger partial charge in [0.15, 0.2) is 0 Å². The number of carbonyl (C=O) groups excluding carboxylic acids is 1. The predicted molar refractivity (Wildman–Crippen MR) is 44.2 cm³/mol. The van der Waals surface area contributed by atoms with Gasteiger partial charge in [0, 0.05) is 11.8 Å². The highest BCUT2D eigenvalue weighted by Gasteiger charge is 1.91. The van der Waals surface area contributed by atoms with Crippen LogP contribution < -0.4 is 0 Å². The molecule has 0 saturated carbocycles. The van der Waals surface area contributed by atoms with Crippen LogP contribution in [-0.2, 0) is 9.53 Å². The van der Waals surface area contributed by atoms with Crippen molar-refractivity contribution in [1.29, 1.82) is 0 Å². The lowest BCUT2D eigenvalue weighted by atomic mass is 10.5. The molecule has 0 fully saturated rings. The van der Waals surface area contributed by atoms with Gasteiger partial charge in [0.2, 0.25) is 0 Å². The Morgan fingerprint density at radius 3 is 2.90 bits per heavy atom. The first-order valence-electron chi connectivity index (χ1n) is 3.25. The van der Waals surface area contributed by atoms with Crippen LogP contribution in [0.2, 0.25) is 0 Å². The summed E-state index contributed by atoms with van der Waals surface area (Å²) in [4.78, 5) is 10.6. The standard InChI is InChI=1S/C7H12O2S/c1-2-5-9-7(8)4-3-6-10/h3-4,10H,2,5-6H2,1H3. The van der Waals surface area contributed by atoms with Gasteiger partial charge in [-0.1, -0.05) is 13.0 Å². The summed E-state index contributed by atoms with van der Waals surface area (Å²) in [6, 6.07) is 0. The maximum atomic E-state index is 10.6. The van der Waals surface area contributed by atoms with E-state index < -0.39 is 0 Å². The molecule has 0 N–H and O–H groups in total. The first-order chi connectivity index (χ1) is 4.81. The van der Waals surface area contributed by atoms with Gasteiger partial charge in [0.25, 0.3) is 0 Å². The zero-order valence-electron chi connectivity index (χ0n) is 6.04. The molecule has 0 aliphatic carbocycles. The molecule has 0 saturated heterocycles. The molecule has 0 aliphatic heterocycles. The summed E-state index contributed by atoms with van der Waals surface area (Å²) in [6.07, 6.45) is 3.91. The molecule has 0 radical (unpaired) electrons. The Morgan fingerprint density at radius 1 is 1.70 bits per heavy atom. The molecule has 0 aromatic rings. The normalized spacial score (nSPS) is 10.2. The van der Waals surface area contributed by atoms with Gasteiger partial charge in [-0.25, -0.2) is 4.79 Å². The monoisotopic (exact) mass is 160 g/mol. The van der Waals surface area contributed by atoms with Crippen LogP contribution in [0.5, 0.6) is 0 Å². The van der Waals surface area contributed by atoms with E-state index in [1.165, 1.54) is 6.08 Å². The number of thiol groups is 1. The van der Waals surface area contributed by atoms with Crippen LogP contribution in [0.3, 0.4) is 0 Å². The molecule has 0 aliphatic rings. The van der Waals surface area contributed by atoms with Crippen LogP contribution in [0.1, 0.15) is 13.3 Å². The lowest BCUT2D eigenvalue weighted by Gasteiger charge is -1.95. The fraction of sp³-hybridized carbons (Fsp3) is 0.571. The molecule has 0 rings (SSSR count). The predicted octanol–water partition coefficient (Wildman–Crippen LogP) is 1.43. The number of esters is 1.